The summed E-state index contributed by atoms with van der Waals surface area (Å²) < 4.78 is 0. The summed E-state index contributed by atoms with van der Waals surface area (Å²) in [5.74, 6) is 12.3. The molecule has 0 aliphatic heterocycles. The molecule has 3 aliphatic rings. The second kappa shape index (κ2) is 15.1. The molecule has 0 N–H and O–H groups in total. The van der Waals surface area contributed by atoms with Crippen LogP contribution in [0.2, 0.25) is 0 Å². The summed E-state index contributed by atoms with van der Waals surface area (Å²) in [5, 5.41) is 0. The lowest BCUT2D eigenvalue weighted by Crippen LogP contribution is -2.25. The van der Waals surface area contributed by atoms with Gasteiger partial charge < -0.3 is 0 Å². The summed E-state index contributed by atoms with van der Waals surface area (Å²) in [4.78, 5) is 0. The van der Waals surface area contributed by atoms with Crippen LogP contribution >= 0.6 is 0 Å². The van der Waals surface area contributed by atoms with E-state index in [0.717, 1.165) is 35.5 Å². The van der Waals surface area contributed by atoms with Crippen molar-refractivity contribution in [3.8, 4) is 11.8 Å². The van der Waals surface area contributed by atoms with Crippen LogP contribution in [0.25, 0.3) is 0 Å². The van der Waals surface area contributed by atoms with Crippen molar-refractivity contribution < 1.29 is 0 Å². The second-order valence-corrected chi connectivity index (χ2v) is 12.7. The molecule has 0 aromatic heterocycles. The molecule has 0 bridgehead atoms. The van der Waals surface area contributed by atoms with Crippen molar-refractivity contribution >= 4 is 0 Å². The largest absolute Gasteiger partial charge is 0.0730 e. The van der Waals surface area contributed by atoms with Crippen LogP contribution in [0.3, 0.4) is 0 Å². The fourth-order valence-corrected chi connectivity index (χ4v) is 7.68. The van der Waals surface area contributed by atoms with Crippen molar-refractivity contribution in [3.63, 3.8) is 0 Å². The zero-order valence-corrected chi connectivity index (χ0v) is 23.7. The average molecular weight is 487 g/mol. The summed E-state index contributed by atoms with van der Waals surface area (Å²) in [6.07, 6.45) is 30.4. The molecule has 1 aromatic rings. The predicted octanol–water partition coefficient (Wildman–Crippen LogP) is 10.9. The Morgan fingerprint density at radius 3 is 1.75 bits per heavy atom. The van der Waals surface area contributed by atoms with Crippen LogP contribution in [0.15, 0.2) is 36.4 Å². The SMILES string of the molecule is CCCC[C@H]1CC[C@H](c2ccc(C#C/C=C/C3CCC([C@H]4CC[C@H](CCCC)CC4)CC3)cc2)CC1. The summed E-state index contributed by atoms with van der Waals surface area (Å²) >= 11 is 0. The summed E-state index contributed by atoms with van der Waals surface area (Å²) in [6, 6.07) is 9.20. The molecule has 1 aromatic carbocycles. The van der Waals surface area contributed by atoms with Gasteiger partial charge in [-0.3, -0.25) is 0 Å². The van der Waals surface area contributed by atoms with Gasteiger partial charge in [-0.05, 0) is 123 Å². The van der Waals surface area contributed by atoms with Gasteiger partial charge in [-0.1, -0.05) is 95.3 Å². The molecule has 0 saturated heterocycles. The van der Waals surface area contributed by atoms with E-state index in [1.165, 1.54) is 127 Å². The molecule has 3 saturated carbocycles. The van der Waals surface area contributed by atoms with Crippen LogP contribution in [-0.2, 0) is 0 Å². The van der Waals surface area contributed by atoms with Crippen LogP contribution in [0.1, 0.15) is 146 Å². The highest BCUT2D eigenvalue weighted by Gasteiger charge is 2.30. The molecular weight excluding hydrogens is 432 g/mol. The smallest absolute Gasteiger partial charge is 0.0249 e. The molecule has 36 heavy (non-hydrogen) atoms. The van der Waals surface area contributed by atoms with Gasteiger partial charge in [0.2, 0.25) is 0 Å². The van der Waals surface area contributed by atoms with E-state index in [9.17, 15) is 0 Å². The lowest BCUT2D eigenvalue weighted by Gasteiger charge is -2.37. The molecule has 0 unspecified atom stereocenters. The molecule has 3 aliphatic carbocycles. The summed E-state index contributed by atoms with van der Waals surface area (Å²) in [7, 11) is 0. The zero-order valence-electron chi connectivity index (χ0n) is 23.7. The van der Waals surface area contributed by atoms with Gasteiger partial charge in [-0.2, -0.15) is 0 Å². The van der Waals surface area contributed by atoms with E-state index in [0.29, 0.717) is 0 Å². The third kappa shape index (κ3) is 8.54. The molecule has 0 heteroatoms. The minimum Gasteiger partial charge on any atom is -0.0730 e. The topological polar surface area (TPSA) is 0 Å². The molecule has 3 fully saturated rings. The molecule has 0 amide bonds. The van der Waals surface area contributed by atoms with Crippen molar-refractivity contribution in [2.75, 3.05) is 0 Å². The highest BCUT2D eigenvalue weighted by molar-refractivity contribution is 5.39. The van der Waals surface area contributed by atoms with Gasteiger partial charge in [-0.25, -0.2) is 0 Å². The molecule has 0 radical (unpaired) electrons. The van der Waals surface area contributed by atoms with Gasteiger partial charge in [0, 0.05) is 5.56 Å². The van der Waals surface area contributed by atoms with Gasteiger partial charge in [0.05, 0.1) is 0 Å². The van der Waals surface area contributed by atoms with E-state index in [2.05, 4.69) is 62.1 Å². The van der Waals surface area contributed by atoms with Crippen LogP contribution < -0.4 is 0 Å². The van der Waals surface area contributed by atoms with Gasteiger partial charge in [-0.15, -0.1) is 0 Å². The van der Waals surface area contributed by atoms with E-state index in [1.807, 2.05) is 0 Å². The number of hydrogen-bond acceptors (Lipinski definition) is 0. The van der Waals surface area contributed by atoms with Gasteiger partial charge >= 0.3 is 0 Å². The molecule has 0 heterocycles. The van der Waals surface area contributed by atoms with Crippen molar-refractivity contribution in [1.82, 2.24) is 0 Å². The first kappa shape index (κ1) is 27.6. The van der Waals surface area contributed by atoms with Crippen molar-refractivity contribution in [2.24, 2.45) is 29.6 Å². The van der Waals surface area contributed by atoms with Crippen LogP contribution in [-0.4, -0.2) is 0 Å². The standard InChI is InChI=1S/C36H54/c1-3-5-9-29-13-21-33(22-14-29)35-25-17-31(18-26-35)11-7-8-12-32-19-27-36(28-20-32)34-23-15-30(16-24-34)10-6-4-2/h7,11,19-20,27-31,33-35H,3-6,9-10,13-18,21-26H2,1-2H3/b11-7+/t29-,30-,31?,33-,34-,35?. The Morgan fingerprint density at radius 1 is 0.667 bits per heavy atom. The predicted molar refractivity (Wildman–Crippen MR) is 157 cm³/mol. The molecule has 0 spiro atoms. The third-order valence-electron chi connectivity index (χ3n) is 10.2. The van der Waals surface area contributed by atoms with E-state index in [4.69, 9.17) is 0 Å². The third-order valence-corrected chi connectivity index (χ3v) is 10.2. The van der Waals surface area contributed by atoms with Gasteiger partial charge in [0.25, 0.3) is 0 Å². The first-order valence-corrected chi connectivity index (χ1v) is 16.0. The highest BCUT2D eigenvalue weighted by atomic mass is 14.4. The number of unbranched alkanes of at least 4 members (excludes halogenated alkanes) is 2. The Balaban J connectivity index is 1.15. The number of hydrogen-bond donors (Lipinski definition) is 0. The first-order chi connectivity index (χ1) is 17.7. The highest BCUT2D eigenvalue weighted by Crippen LogP contribution is 2.42. The minimum atomic E-state index is 0.756. The maximum atomic E-state index is 3.39. The Morgan fingerprint density at radius 2 is 1.19 bits per heavy atom. The number of rotatable bonds is 9. The van der Waals surface area contributed by atoms with E-state index in [-0.39, 0.29) is 0 Å². The molecule has 4 rings (SSSR count). The Hall–Kier alpha value is -1.48. The van der Waals surface area contributed by atoms with E-state index >= 15 is 0 Å². The van der Waals surface area contributed by atoms with Crippen molar-refractivity contribution in [2.45, 2.75) is 135 Å². The monoisotopic (exact) mass is 486 g/mol. The Kier molecular flexibility index (Phi) is 11.5. The van der Waals surface area contributed by atoms with E-state index in [1.54, 1.807) is 0 Å². The Bertz CT molecular complexity index is 809. The fourth-order valence-electron chi connectivity index (χ4n) is 7.68. The summed E-state index contributed by atoms with van der Waals surface area (Å²) in [6.45, 7) is 4.65. The van der Waals surface area contributed by atoms with Crippen LogP contribution in [0, 0.1) is 41.4 Å². The van der Waals surface area contributed by atoms with E-state index < -0.39 is 0 Å². The minimum absolute atomic E-state index is 0.756. The average Bonchev–Trinajstić information content (AvgIpc) is 2.94. The van der Waals surface area contributed by atoms with Crippen molar-refractivity contribution in [3.05, 3.63) is 47.5 Å². The quantitative estimate of drug-likeness (QED) is 0.304. The second-order valence-electron chi connectivity index (χ2n) is 12.7. The van der Waals surface area contributed by atoms with Crippen molar-refractivity contribution in [1.29, 1.82) is 0 Å². The fraction of sp³-hybridized carbons (Fsp3) is 0.722. The Labute approximate surface area is 224 Å². The first-order valence-electron chi connectivity index (χ1n) is 16.0. The van der Waals surface area contributed by atoms with Gasteiger partial charge in [0.15, 0.2) is 0 Å². The normalized spacial score (nSPS) is 31.2. The lowest BCUT2D eigenvalue weighted by atomic mass is 9.68. The molecule has 0 nitrogen and oxygen atoms in total. The number of benzene rings is 1. The molecule has 198 valence electrons. The summed E-state index contributed by atoms with van der Waals surface area (Å²) in [5.41, 5.74) is 2.70. The van der Waals surface area contributed by atoms with Crippen LogP contribution in [0.4, 0.5) is 0 Å². The molecular formula is C36H54. The maximum Gasteiger partial charge on any atom is 0.0249 e. The lowest BCUT2D eigenvalue weighted by molar-refractivity contribution is 0.152. The maximum absolute atomic E-state index is 3.39. The zero-order chi connectivity index (χ0) is 25.0. The molecule has 0 atom stereocenters. The van der Waals surface area contributed by atoms with Crippen LogP contribution in [0.5, 0.6) is 0 Å². The van der Waals surface area contributed by atoms with Gasteiger partial charge in [0.1, 0.15) is 0 Å². The number of allylic oxidation sites excluding steroid dienone is 2.